The number of benzene rings is 1. The van der Waals surface area contributed by atoms with E-state index in [4.69, 9.17) is 23.2 Å². The van der Waals surface area contributed by atoms with Crippen molar-refractivity contribution in [2.75, 3.05) is 5.88 Å². The Labute approximate surface area is 115 Å². The summed E-state index contributed by atoms with van der Waals surface area (Å²) in [7, 11) is 0. The molecule has 0 unspecified atom stereocenters. The van der Waals surface area contributed by atoms with E-state index in [-0.39, 0.29) is 0 Å². The summed E-state index contributed by atoms with van der Waals surface area (Å²) in [5, 5.41) is 11.2. The van der Waals surface area contributed by atoms with Crippen molar-refractivity contribution in [3.63, 3.8) is 0 Å². The Morgan fingerprint density at radius 1 is 1.06 bits per heavy atom. The van der Waals surface area contributed by atoms with Crippen LogP contribution in [0.15, 0.2) is 24.3 Å². The van der Waals surface area contributed by atoms with E-state index < -0.39 is 0 Å². The van der Waals surface area contributed by atoms with E-state index in [0.717, 1.165) is 34.3 Å². The van der Waals surface area contributed by atoms with Crippen molar-refractivity contribution in [3.8, 4) is 0 Å². The van der Waals surface area contributed by atoms with E-state index in [1.165, 1.54) is 5.56 Å². The van der Waals surface area contributed by atoms with Gasteiger partial charge in [-0.3, -0.25) is 0 Å². The molecule has 17 heavy (non-hydrogen) atoms. The fourth-order valence-electron chi connectivity index (χ4n) is 1.46. The van der Waals surface area contributed by atoms with Gasteiger partial charge >= 0.3 is 0 Å². The third kappa shape index (κ3) is 3.95. The molecule has 0 spiro atoms. The maximum Gasteiger partial charge on any atom is 0.121 e. The zero-order valence-electron chi connectivity index (χ0n) is 9.20. The van der Waals surface area contributed by atoms with Crippen LogP contribution in [0.5, 0.6) is 0 Å². The molecule has 0 aliphatic carbocycles. The summed E-state index contributed by atoms with van der Waals surface area (Å²) in [5.74, 6) is 0.673. The lowest BCUT2D eigenvalue weighted by atomic mass is 10.2. The number of hydrogen-bond donors (Lipinski definition) is 0. The van der Waals surface area contributed by atoms with E-state index >= 15 is 0 Å². The van der Waals surface area contributed by atoms with Gasteiger partial charge in [-0.05, 0) is 24.1 Å². The molecule has 2 nitrogen and oxygen atoms in total. The Kier molecular flexibility index (Phi) is 4.77. The molecule has 1 aromatic carbocycles. The van der Waals surface area contributed by atoms with Crippen LogP contribution in [0, 0.1) is 0 Å². The lowest BCUT2D eigenvalue weighted by Crippen LogP contribution is -1.86. The number of halogens is 2. The van der Waals surface area contributed by atoms with Crippen molar-refractivity contribution < 1.29 is 0 Å². The minimum atomic E-state index is 0.673. The molecule has 0 fully saturated rings. The Balaban J connectivity index is 1.98. The molecule has 0 amide bonds. The fourth-order valence-corrected chi connectivity index (χ4v) is 2.64. The van der Waals surface area contributed by atoms with Gasteiger partial charge in [-0.2, -0.15) is 0 Å². The van der Waals surface area contributed by atoms with Crippen LogP contribution in [0.3, 0.4) is 0 Å². The highest BCUT2D eigenvalue weighted by Crippen LogP contribution is 2.17. The standard InChI is InChI=1S/C12H12Cl2N2S/c13-7-1-2-11-15-16-12(17-11)8-9-3-5-10(14)6-4-9/h3-6H,1-2,7-8H2. The highest BCUT2D eigenvalue weighted by molar-refractivity contribution is 7.11. The van der Waals surface area contributed by atoms with Gasteiger partial charge in [0, 0.05) is 23.7 Å². The molecule has 0 bridgehead atoms. The molecule has 2 rings (SSSR count). The van der Waals surface area contributed by atoms with Crippen molar-refractivity contribution >= 4 is 34.5 Å². The van der Waals surface area contributed by atoms with Crippen LogP contribution >= 0.6 is 34.5 Å². The third-order valence-corrected chi connectivity index (χ3v) is 3.80. The molecule has 1 aromatic heterocycles. The maximum absolute atomic E-state index is 5.84. The van der Waals surface area contributed by atoms with Gasteiger partial charge in [0.2, 0.25) is 0 Å². The van der Waals surface area contributed by atoms with Crippen LogP contribution < -0.4 is 0 Å². The van der Waals surface area contributed by atoms with Crippen molar-refractivity contribution in [2.45, 2.75) is 19.3 Å². The van der Waals surface area contributed by atoms with Crippen molar-refractivity contribution in [1.29, 1.82) is 0 Å². The van der Waals surface area contributed by atoms with Gasteiger partial charge in [0.05, 0.1) is 0 Å². The second-order valence-corrected chi connectivity index (χ2v) is 5.65. The predicted molar refractivity (Wildman–Crippen MR) is 73.2 cm³/mol. The van der Waals surface area contributed by atoms with Crippen LogP contribution in [0.1, 0.15) is 22.0 Å². The lowest BCUT2D eigenvalue weighted by Gasteiger charge is -1.96. The summed E-state index contributed by atoms with van der Waals surface area (Å²) < 4.78 is 0. The summed E-state index contributed by atoms with van der Waals surface area (Å²) in [5.41, 5.74) is 1.20. The number of aryl methyl sites for hydroxylation is 1. The Morgan fingerprint density at radius 3 is 2.47 bits per heavy atom. The molecule has 0 aliphatic rings. The number of hydrogen-bond acceptors (Lipinski definition) is 3. The van der Waals surface area contributed by atoms with Gasteiger partial charge in [0.1, 0.15) is 10.0 Å². The minimum Gasteiger partial charge on any atom is -0.144 e. The second kappa shape index (κ2) is 6.34. The van der Waals surface area contributed by atoms with E-state index in [9.17, 15) is 0 Å². The molecule has 0 atom stereocenters. The SMILES string of the molecule is ClCCCc1nnc(Cc2ccc(Cl)cc2)s1. The van der Waals surface area contributed by atoms with E-state index in [1.807, 2.05) is 24.3 Å². The van der Waals surface area contributed by atoms with Gasteiger partial charge in [-0.1, -0.05) is 23.7 Å². The maximum atomic E-state index is 5.84. The van der Waals surface area contributed by atoms with Crippen LogP contribution in [0.4, 0.5) is 0 Å². The Morgan fingerprint density at radius 2 is 1.76 bits per heavy atom. The molecule has 0 saturated heterocycles. The van der Waals surface area contributed by atoms with Crippen LogP contribution in [0.25, 0.3) is 0 Å². The van der Waals surface area contributed by atoms with Gasteiger partial charge < -0.3 is 0 Å². The second-order valence-electron chi connectivity index (χ2n) is 3.69. The molecular weight excluding hydrogens is 275 g/mol. The monoisotopic (exact) mass is 286 g/mol. The number of rotatable bonds is 5. The van der Waals surface area contributed by atoms with E-state index in [0.29, 0.717) is 5.88 Å². The normalized spacial score (nSPS) is 10.7. The zero-order chi connectivity index (χ0) is 12.1. The molecule has 5 heteroatoms. The average Bonchev–Trinajstić information content (AvgIpc) is 2.77. The molecular formula is C12H12Cl2N2S. The number of aromatic nitrogens is 2. The first kappa shape index (κ1) is 12.8. The molecule has 1 heterocycles. The Bertz CT molecular complexity index is 468. The van der Waals surface area contributed by atoms with Crippen molar-refractivity contribution in [3.05, 3.63) is 44.9 Å². The first-order valence-corrected chi connectivity index (χ1v) is 7.12. The summed E-state index contributed by atoms with van der Waals surface area (Å²) in [6.45, 7) is 0. The quantitative estimate of drug-likeness (QED) is 0.778. The molecule has 0 N–H and O–H groups in total. The van der Waals surface area contributed by atoms with Gasteiger partial charge in [0.15, 0.2) is 0 Å². The highest BCUT2D eigenvalue weighted by Gasteiger charge is 2.05. The molecule has 90 valence electrons. The van der Waals surface area contributed by atoms with Gasteiger partial charge in [-0.15, -0.1) is 33.1 Å². The van der Waals surface area contributed by atoms with Crippen molar-refractivity contribution in [2.24, 2.45) is 0 Å². The molecule has 0 radical (unpaired) electrons. The fraction of sp³-hybridized carbons (Fsp3) is 0.333. The average molecular weight is 287 g/mol. The van der Waals surface area contributed by atoms with Gasteiger partial charge in [0.25, 0.3) is 0 Å². The summed E-state index contributed by atoms with van der Waals surface area (Å²) in [6.07, 6.45) is 2.69. The Hall–Kier alpha value is -0.640. The number of nitrogens with zero attached hydrogens (tertiary/aromatic N) is 2. The third-order valence-electron chi connectivity index (χ3n) is 2.30. The smallest absolute Gasteiger partial charge is 0.121 e. The number of alkyl halides is 1. The van der Waals surface area contributed by atoms with Crippen LogP contribution in [0.2, 0.25) is 5.02 Å². The largest absolute Gasteiger partial charge is 0.144 e. The highest BCUT2D eigenvalue weighted by atomic mass is 35.5. The molecule has 2 aromatic rings. The topological polar surface area (TPSA) is 25.8 Å². The van der Waals surface area contributed by atoms with Crippen LogP contribution in [-0.4, -0.2) is 16.1 Å². The van der Waals surface area contributed by atoms with E-state index in [2.05, 4.69) is 10.2 Å². The zero-order valence-corrected chi connectivity index (χ0v) is 11.5. The molecule has 0 saturated carbocycles. The summed E-state index contributed by atoms with van der Waals surface area (Å²) >= 11 is 13.1. The van der Waals surface area contributed by atoms with E-state index in [1.54, 1.807) is 11.3 Å². The van der Waals surface area contributed by atoms with Crippen molar-refractivity contribution in [1.82, 2.24) is 10.2 Å². The first-order chi connectivity index (χ1) is 8.28. The molecule has 0 aliphatic heterocycles. The summed E-state index contributed by atoms with van der Waals surface area (Å²) in [6, 6.07) is 7.82. The predicted octanol–water partition coefficient (Wildman–Crippen LogP) is 3.95. The summed E-state index contributed by atoms with van der Waals surface area (Å²) in [4.78, 5) is 0. The van der Waals surface area contributed by atoms with Gasteiger partial charge in [-0.25, -0.2) is 0 Å². The van der Waals surface area contributed by atoms with Crippen LogP contribution in [-0.2, 0) is 12.8 Å². The first-order valence-electron chi connectivity index (χ1n) is 5.39. The lowest BCUT2D eigenvalue weighted by molar-refractivity contribution is 0.874. The minimum absolute atomic E-state index is 0.673.